The highest BCUT2D eigenvalue weighted by atomic mass is 35.5. The monoisotopic (exact) mass is 594 g/mol. The fraction of sp³-hybridized carbons (Fsp3) is 0.0909. The van der Waals surface area contributed by atoms with Gasteiger partial charge >= 0.3 is 5.97 Å². The van der Waals surface area contributed by atoms with Crippen molar-refractivity contribution >= 4 is 91.3 Å². The third-order valence-corrected chi connectivity index (χ3v) is 7.43. The Hall–Kier alpha value is -2.20. The van der Waals surface area contributed by atoms with Gasteiger partial charge in [0.25, 0.3) is 15.9 Å². The van der Waals surface area contributed by atoms with Crippen LogP contribution in [0.5, 0.6) is 0 Å². The predicted molar refractivity (Wildman–Crippen MR) is 139 cm³/mol. The molecular weight excluding hydrogens is 582 g/mol. The Balaban J connectivity index is 1.77. The zero-order valence-electron chi connectivity index (χ0n) is 17.6. The third kappa shape index (κ3) is 6.94. The lowest BCUT2D eigenvalue weighted by atomic mass is 10.2. The molecule has 0 aliphatic heterocycles. The summed E-state index contributed by atoms with van der Waals surface area (Å²) in [5, 5.41) is 3.30. The van der Waals surface area contributed by atoms with Gasteiger partial charge < -0.3 is 10.1 Å². The maximum Gasteiger partial charge on any atom is 0.338 e. The quantitative estimate of drug-likeness (QED) is 0.288. The molecular formula is C22H15Cl5N2O5S. The highest BCUT2D eigenvalue weighted by molar-refractivity contribution is 7.92. The van der Waals surface area contributed by atoms with Crippen molar-refractivity contribution < 1.29 is 22.7 Å². The average Bonchev–Trinajstić information content (AvgIpc) is 2.78. The van der Waals surface area contributed by atoms with Gasteiger partial charge in [-0.2, -0.15) is 0 Å². The molecule has 0 unspecified atom stereocenters. The lowest BCUT2D eigenvalue weighted by molar-refractivity contribution is -0.123. The number of esters is 1. The van der Waals surface area contributed by atoms with Crippen LogP contribution in [0.1, 0.15) is 17.3 Å². The van der Waals surface area contributed by atoms with Crippen LogP contribution in [-0.2, 0) is 19.6 Å². The molecule has 3 rings (SSSR count). The van der Waals surface area contributed by atoms with Crippen LogP contribution in [0.25, 0.3) is 0 Å². The van der Waals surface area contributed by atoms with E-state index >= 15 is 0 Å². The second-order valence-corrected chi connectivity index (χ2v) is 10.8. The molecule has 0 fully saturated rings. The number of sulfonamides is 1. The van der Waals surface area contributed by atoms with E-state index in [0.29, 0.717) is 5.02 Å². The maximum atomic E-state index is 12.9. The zero-order chi connectivity index (χ0) is 25.9. The van der Waals surface area contributed by atoms with E-state index in [1.54, 1.807) is 0 Å². The van der Waals surface area contributed by atoms with Crippen LogP contribution in [-0.4, -0.2) is 26.4 Å². The van der Waals surface area contributed by atoms with Gasteiger partial charge in [0, 0.05) is 10.0 Å². The summed E-state index contributed by atoms with van der Waals surface area (Å²) in [7, 11) is -4.27. The van der Waals surface area contributed by atoms with Gasteiger partial charge in [0.1, 0.15) is 4.90 Å². The summed E-state index contributed by atoms with van der Waals surface area (Å²) in [5.41, 5.74) is 0.139. The molecule has 1 atom stereocenters. The van der Waals surface area contributed by atoms with Crippen LogP contribution in [0.4, 0.5) is 11.4 Å². The van der Waals surface area contributed by atoms with E-state index in [4.69, 9.17) is 62.7 Å². The fourth-order valence-corrected chi connectivity index (χ4v) is 5.17. The number of rotatable bonds is 7. The van der Waals surface area contributed by atoms with Crippen molar-refractivity contribution in [2.24, 2.45) is 0 Å². The number of benzene rings is 3. The van der Waals surface area contributed by atoms with E-state index in [1.807, 2.05) is 0 Å². The molecule has 0 heterocycles. The summed E-state index contributed by atoms with van der Waals surface area (Å²) in [5.74, 6) is -1.62. The van der Waals surface area contributed by atoms with Crippen LogP contribution in [0.2, 0.25) is 25.1 Å². The van der Waals surface area contributed by atoms with Gasteiger partial charge in [-0.15, -0.1) is 0 Å². The van der Waals surface area contributed by atoms with Crippen LogP contribution in [0.3, 0.4) is 0 Å². The van der Waals surface area contributed by atoms with E-state index in [1.165, 1.54) is 55.5 Å². The van der Waals surface area contributed by atoms with Gasteiger partial charge in [0.05, 0.1) is 32.0 Å². The highest BCUT2D eigenvalue weighted by Crippen LogP contribution is 2.30. The van der Waals surface area contributed by atoms with Crippen molar-refractivity contribution in [3.8, 4) is 0 Å². The Kier molecular flexibility index (Phi) is 8.80. The van der Waals surface area contributed by atoms with Gasteiger partial charge in [-0.3, -0.25) is 9.52 Å². The first-order chi connectivity index (χ1) is 16.4. The molecule has 1 amide bonds. The molecule has 35 heavy (non-hydrogen) atoms. The van der Waals surface area contributed by atoms with Gasteiger partial charge in [0.2, 0.25) is 0 Å². The van der Waals surface area contributed by atoms with Gasteiger partial charge in [-0.05, 0) is 61.5 Å². The third-order valence-electron chi connectivity index (χ3n) is 4.47. The Bertz CT molecular complexity index is 1420. The first kappa shape index (κ1) is 27.4. The Morgan fingerprint density at radius 2 is 1.43 bits per heavy atom. The molecule has 0 saturated carbocycles. The molecule has 7 nitrogen and oxygen atoms in total. The van der Waals surface area contributed by atoms with Crippen molar-refractivity contribution in [1.82, 2.24) is 0 Å². The molecule has 0 radical (unpaired) electrons. The molecule has 3 aromatic carbocycles. The number of carbonyl (C=O) groups is 2. The van der Waals surface area contributed by atoms with E-state index in [9.17, 15) is 18.0 Å². The number of ether oxygens (including phenoxy) is 1. The first-order valence-electron chi connectivity index (χ1n) is 9.61. The summed E-state index contributed by atoms with van der Waals surface area (Å²) in [6.45, 7) is 1.34. The largest absolute Gasteiger partial charge is 0.449 e. The van der Waals surface area contributed by atoms with Gasteiger partial charge in [-0.25, -0.2) is 13.2 Å². The lowest BCUT2D eigenvalue weighted by Gasteiger charge is -2.15. The standard InChI is InChI=1S/C22H15Cl5N2O5S/c1-11(21(30)28-18-7-4-13(23)9-17(18)27)34-22(31)12-2-5-16(26)20(8-12)35(32,33)29-19-10-14(24)3-6-15(19)25/h2-11,29H,1H3,(H,28,30)/t11-/m1/s1. The van der Waals surface area contributed by atoms with Crippen molar-refractivity contribution in [2.75, 3.05) is 10.0 Å². The summed E-state index contributed by atoms with van der Waals surface area (Å²) in [6, 6.07) is 12.2. The van der Waals surface area contributed by atoms with Crippen molar-refractivity contribution in [3.05, 3.63) is 85.3 Å². The Morgan fingerprint density at radius 3 is 2.11 bits per heavy atom. The van der Waals surface area contributed by atoms with Gasteiger partial charge in [0.15, 0.2) is 6.10 Å². The van der Waals surface area contributed by atoms with Crippen LogP contribution in [0.15, 0.2) is 59.5 Å². The molecule has 0 spiro atoms. The minimum absolute atomic E-state index is 0.0226. The highest BCUT2D eigenvalue weighted by Gasteiger charge is 2.24. The fourth-order valence-electron chi connectivity index (χ4n) is 2.72. The molecule has 2 N–H and O–H groups in total. The number of hydrogen-bond donors (Lipinski definition) is 2. The number of anilines is 2. The maximum absolute atomic E-state index is 12.9. The average molecular weight is 597 g/mol. The van der Waals surface area contributed by atoms with Crippen LogP contribution < -0.4 is 10.0 Å². The van der Waals surface area contributed by atoms with E-state index < -0.39 is 32.9 Å². The Morgan fingerprint density at radius 1 is 0.800 bits per heavy atom. The number of hydrogen-bond acceptors (Lipinski definition) is 5. The van der Waals surface area contributed by atoms with Crippen LogP contribution in [0, 0.1) is 0 Å². The lowest BCUT2D eigenvalue weighted by Crippen LogP contribution is -2.30. The predicted octanol–water partition coefficient (Wildman–Crippen LogP) is 6.94. The minimum Gasteiger partial charge on any atom is -0.449 e. The number of carbonyl (C=O) groups excluding carboxylic acids is 2. The first-order valence-corrected chi connectivity index (χ1v) is 13.0. The zero-order valence-corrected chi connectivity index (χ0v) is 22.2. The smallest absolute Gasteiger partial charge is 0.338 e. The molecule has 3 aromatic rings. The summed E-state index contributed by atoms with van der Waals surface area (Å²) in [6.07, 6.45) is -1.24. The number of nitrogens with one attached hydrogen (secondary N) is 2. The molecule has 0 aliphatic carbocycles. The van der Waals surface area contributed by atoms with E-state index in [-0.39, 0.29) is 37.0 Å². The Labute approximate surface area is 226 Å². The normalized spacial score (nSPS) is 12.1. The summed E-state index contributed by atoms with van der Waals surface area (Å²) < 4.78 is 33.3. The molecule has 13 heteroatoms. The van der Waals surface area contributed by atoms with Crippen molar-refractivity contribution in [1.29, 1.82) is 0 Å². The minimum atomic E-state index is -4.27. The van der Waals surface area contributed by atoms with Crippen LogP contribution >= 0.6 is 58.0 Å². The molecule has 0 bridgehead atoms. The van der Waals surface area contributed by atoms with E-state index in [2.05, 4.69) is 10.0 Å². The van der Waals surface area contributed by atoms with E-state index in [0.717, 1.165) is 6.07 Å². The number of amides is 1. The van der Waals surface area contributed by atoms with Crippen molar-refractivity contribution in [2.45, 2.75) is 17.9 Å². The summed E-state index contributed by atoms with van der Waals surface area (Å²) in [4.78, 5) is 24.6. The molecule has 0 saturated heterocycles. The van der Waals surface area contributed by atoms with Gasteiger partial charge in [-0.1, -0.05) is 58.0 Å². The number of halogens is 5. The molecule has 0 aromatic heterocycles. The SMILES string of the molecule is C[C@@H](OC(=O)c1ccc(Cl)c(S(=O)(=O)Nc2cc(Cl)ccc2Cl)c1)C(=O)Nc1ccc(Cl)cc1Cl. The van der Waals surface area contributed by atoms with Crippen molar-refractivity contribution in [3.63, 3.8) is 0 Å². The topological polar surface area (TPSA) is 102 Å². The molecule has 0 aliphatic rings. The molecule has 184 valence electrons. The second-order valence-electron chi connectivity index (χ2n) is 7.04. The summed E-state index contributed by atoms with van der Waals surface area (Å²) >= 11 is 29.9. The second kappa shape index (κ2) is 11.2.